The van der Waals surface area contributed by atoms with Crippen LogP contribution < -0.4 is 14.2 Å². The number of hydrogen-bond donors (Lipinski definition) is 1. The molecule has 3 atom stereocenters. The molecule has 6 rings (SSSR count). The number of methoxy groups -OCH3 is 1. The van der Waals surface area contributed by atoms with Gasteiger partial charge in [-0.05, 0) is 54.4 Å². The van der Waals surface area contributed by atoms with Crippen LogP contribution in [0, 0.1) is 0 Å². The topological polar surface area (TPSA) is 87.7 Å². The second-order valence-corrected chi connectivity index (χ2v) is 8.95. The largest absolute Gasteiger partial charge is 0.497 e. The maximum absolute atomic E-state index is 6.56. The van der Waals surface area contributed by atoms with Gasteiger partial charge >= 0.3 is 0 Å². The molecular formula is C26H24ClN3O5. The zero-order valence-electron chi connectivity index (χ0n) is 19.1. The molecule has 2 aromatic carbocycles. The summed E-state index contributed by atoms with van der Waals surface area (Å²) in [5.41, 5.74) is 3.80. The molecule has 0 amide bonds. The van der Waals surface area contributed by atoms with E-state index in [9.17, 15) is 0 Å². The fourth-order valence-corrected chi connectivity index (χ4v) is 4.69. The lowest BCUT2D eigenvalue weighted by Gasteiger charge is -2.15. The molecule has 1 N–H and O–H groups in total. The first-order valence-electron chi connectivity index (χ1n) is 11.5. The van der Waals surface area contributed by atoms with Gasteiger partial charge in [0.1, 0.15) is 24.2 Å². The number of halogens is 1. The molecule has 0 bridgehead atoms. The summed E-state index contributed by atoms with van der Waals surface area (Å²) in [5, 5.41) is 0.517. The SMILES string of the molecule is COc1ccc(COc2ccc(-c3nc4nc(OC5COC6CCOC65)[nH]c4cc3Cl)cc2)cc1. The van der Waals surface area contributed by atoms with E-state index in [4.69, 9.17) is 35.3 Å². The van der Waals surface area contributed by atoms with Gasteiger partial charge in [-0.1, -0.05) is 23.7 Å². The lowest BCUT2D eigenvalue weighted by atomic mass is 10.1. The third kappa shape index (κ3) is 4.52. The van der Waals surface area contributed by atoms with Crippen molar-refractivity contribution in [2.45, 2.75) is 31.3 Å². The number of fused-ring (bicyclic) bond motifs is 2. The zero-order valence-corrected chi connectivity index (χ0v) is 19.8. The Kier molecular flexibility index (Phi) is 5.93. The standard InChI is InChI=1S/C26H24ClN3O5/c1-31-17-6-2-15(3-7-17)13-33-18-8-4-16(5-9-18)23-19(27)12-20-25(29-23)30-26(28-20)35-22-14-34-21-10-11-32-24(21)22/h2-9,12,21-22,24H,10-11,13-14H2,1H3,(H,28,29,30). The smallest absolute Gasteiger partial charge is 0.296 e. The van der Waals surface area contributed by atoms with Crippen molar-refractivity contribution in [2.75, 3.05) is 20.3 Å². The van der Waals surface area contributed by atoms with Crippen molar-refractivity contribution in [3.63, 3.8) is 0 Å². The van der Waals surface area contributed by atoms with Gasteiger partial charge in [0, 0.05) is 12.2 Å². The van der Waals surface area contributed by atoms with E-state index in [2.05, 4.69) is 15.0 Å². The van der Waals surface area contributed by atoms with Gasteiger partial charge in [-0.3, -0.25) is 0 Å². The van der Waals surface area contributed by atoms with Crippen molar-refractivity contribution in [1.29, 1.82) is 0 Å². The van der Waals surface area contributed by atoms with E-state index >= 15 is 0 Å². The highest BCUT2D eigenvalue weighted by atomic mass is 35.5. The molecule has 8 nitrogen and oxygen atoms in total. The molecule has 2 aliphatic heterocycles. The van der Waals surface area contributed by atoms with E-state index in [1.165, 1.54) is 0 Å². The molecule has 0 spiro atoms. The summed E-state index contributed by atoms with van der Waals surface area (Å²) in [5.74, 6) is 1.57. The Labute approximate surface area is 207 Å². The average Bonchev–Trinajstić information content (AvgIpc) is 3.60. The van der Waals surface area contributed by atoms with Crippen molar-refractivity contribution >= 4 is 22.8 Å². The first-order chi connectivity index (χ1) is 17.2. The number of aromatic nitrogens is 3. The number of rotatable bonds is 7. The molecule has 3 unspecified atom stereocenters. The van der Waals surface area contributed by atoms with Crippen LogP contribution in [0.4, 0.5) is 0 Å². The predicted molar refractivity (Wildman–Crippen MR) is 130 cm³/mol. The predicted octanol–water partition coefficient (Wildman–Crippen LogP) is 4.80. The highest BCUT2D eigenvalue weighted by molar-refractivity contribution is 6.33. The van der Waals surface area contributed by atoms with Crippen LogP contribution in [0.3, 0.4) is 0 Å². The van der Waals surface area contributed by atoms with Gasteiger partial charge < -0.3 is 28.7 Å². The van der Waals surface area contributed by atoms with Crippen LogP contribution in [-0.2, 0) is 16.1 Å². The van der Waals surface area contributed by atoms with Crippen LogP contribution in [0.25, 0.3) is 22.4 Å². The van der Waals surface area contributed by atoms with Crippen LogP contribution >= 0.6 is 11.6 Å². The van der Waals surface area contributed by atoms with Crippen LogP contribution in [0.5, 0.6) is 17.5 Å². The number of ether oxygens (including phenoxy) is 5. The van der Waals surface area contributed by atoms with Crippen molar-refractivity contribution in [3.8, 4) is 28.8 Å². The molecule has 2 fully saturated rings. The fourth-order valence-electron chi connectivity index (χ4n) is 4.43. The number of benzene rings is 2. The molecule has 35 heavy (non-hydrogen) atoms. The summed E-state index contributed by atoms with van der Waals surface area (Å²) in [6.45, 7) is 1.64. The molecule has 2 aromatic heterocycles. The Morgan fingerprint density at radius 3 is 2.63 bits per heavy atom. The van der Waals surface area contributed by atoms with Gasteiger partial charge in [-0.15, -0.1) is 0 Å². The summed E-state index contributed by atoms with van der Waals surface area (Å²) >= 11 is 6.56. The third-order valence-corrected chi connectivity index (χ3v) is 6.57. The van der Waals surface area contributed by atoms with Crippen LogP contribution in [0.2, 0.25) is 5.02 Å². The highest BCUT2D eigenvalue weighted by Gasteiger charge is 2.43. The minimum absolute atomic E-state index is 0.0548. The normalized spacial score (nSPS) is 21.3. The molecule has 0 radical (unpaired) electrons. The Balaban J connectivity index is 1.15. The van der Waals surface area contributed by atoms with Crippen LogP contribution in [0.1, 0.15) is 12.0 Å². The van der Waals surface area contributed by atoms with Gasteiger partial charge in [-0.2, -0.15) is 4.98 Å². The molecule has 9 heteroatoms. The number of nitrogens with zero attached hydrogens (tertiary/aromatic N) is 2. The van der Waals surface area contributed by atoms with E-state index in [0.29, 0.717) is 47.7 Å². The summed E-state index contributed by atoms with van der Waals surface area (Å²) < 4.78 is 28.6. The van der Waals surface area contributed by atoms with E-state index in [-0.39, 0.29) is 18.3 Å². The quantitative estimate of drug-likeness (QED) is 0.395. The third-order valence-electron chi connectivity index (χ3n) is 6.28. The highest BCUT2D eigenvalue weighted by Crippen LogP contribution is 2.32. The van der Waals surface area contributed by atoms with Gasteiger partial charge in [-0.25, -0.2) is 4.98 Å². The number of hydrogen-bond acceptors (Lipinski definition) is 7. The molecule has 0 aliphatic carbocycles. The molecule has 2 aliphatic rings. The molecule has 4 aromatic rings. The minimum Gasteiger partial charge on any atom is -0.497 e. The van der Waals surface area contributed by atoms with E-state index in [1.54, 1.807) is 7.11 Å². The average molecular weight is 494 g/mol. The first kappa shape index (κ1) is 22.2. The van der Waals surface area contributed by atoms with Crippen molar-refractivity contribution in [3.05, 3.63) is 65.2 Å². The van der Waals surface area contributed by atoms with Crippen molar-refractivity contribution in [2.24, 2.45) is 0 Å². The number of aromatic amines is 1. The number of nitrogens with one attached hydrogen (secondary N) is 1. The van der Waals surface area contributed by atoms with Gasteiger partial charge in [0.25, 0.3) is 6.01 Å². The Hall–Kier alpha value is -3.33. The van der Waals surface area contributed by atoms with Crippen molar-refractivity contribution in [1.82, 2.24) is 15.0 Å². The maximum Gasteiger partial charge on any atom is 0.296 e. The molecule has 2 saturated heterocycles. The Morgan fingerprint density at radius 2 is 1.83 bits per heavy atom. The van der Waals surface area contributed by atoms with E-state index < -0.39 is 0 Å². The number of H-pyrrole nitrogens is 1. The van der Waals surface area contributed by atoms with Gasteiger partial charge in [0.05, 0.1) is 36.1 Å². The second-order valence-electron chi connectivity index (χ2n) is 8.55. The maximum atomic E-state index is 6.56. The van der Waals surface area contributed by atoms with Crippen LogP contribution in [0.15, 0.2) is 54.6 Å². The zero-order chi connectivity index (χ0) is 23.8. The number of pyridine rings is 1. The lowest BCUT2D eigenvalue weighted by Crippen LogP contribution is -2.32. The summed E-state index contributed by atoms with van der Waals surface area (Å²) in [6, 6.07) is 17.6. The minimum atomic E-state index is -0.191. The monoisotopic (exact) mass is 493 g/mol. The van der Waals surface area contributed by atoms with Crippen molar-refractivity contribution < 1.29 is 23.7 Å². The molecule has 4 heterocycles. The summed E-state index contributed by atoms with van der Waals surface area (Å²) in [6.07, 6.45) is 0.757. The fraction of sp³-hybridized carbons (Fsp3) is 0.308. The molecule has 180 valence electrons. The van der Waals surface area contributed by atoms with E-state index in [0.717, 1.165) is 29.0 Å². The Morgan fingerprint density at radius 1 is 1.03 bits per heavy atom. The Bertz CT molecular complexity index is 1330. The van der Waals surface area contributed by atoms with E-state index in [1.807, 2.05) is 54.6 Å². The van der Waals surface area contributed by atoms with Gasteiger partial charge in [0.15, 0.2) is 11.8 Å². The first-order valence-corrected chi connectivity index (χ1v) is 11.9. The molecule has 0 saturated carbocycles. The van der Waals surface area contributed by atoms with Gasteiger partial charge in [0.2, 0.25) is 0 Å². The van der Waals surface area contributed by atoms with Crippen LogP contribution in [-0.4, -0.2) is 53.6 Å². The summed E-state index contributed by atoms with van der Waals surface area (Å²) in [4.78, 5) is 12.3. The number of imidazole rings is 1. The second kappa shape index (κ2) is 9.37. The lowest BCUT2D eigenvalue weighted by molar-refractivity contribution is 0.0273. The summed E-state index contributed by atoms with van der Waals surface area (Å²) in [7, 11) is 1.65. The molecular weight excluding hydrogens is 470 g/mol.